The Balaban J connectivity index is 1.64. The van der Waals surface area contributed by atoms with Gasteiger partial charge in [0.25, 0.3) is 0 Å². The highest BCUT2D eigenvalue weighted by atomic mass is 35.5. The number of nitrogens with zero attached hydrogens (tertiary/aromatic N) is 1. The summed E-state index contributed by atoms with van der Waals surface area (Å²) in [6.07, 6.45) is 3.90. The third-order valence-electron chi connectivity index (χ3n) is 5.21. The number of fused-ring (bicyclic) bond motifs is 2. The fourth-order valence-electron chi connectivity index (χ4n) is 3.76. The van der Waals surface area contributed by atoms with Crippen LogP contribution in [-0.2, 0) is 4.79 Å². The number of ether oxygens (including phenoxy) is 2. The number of aromatic amines is 1. The number of H-pyrrole nitrogens is 1. The molecule has 5 rings (SSSR count). The molecule has 0 saturated heterocycles. The second-order valence-electron chi connectivity index (χ2n) is 6.56. The summed E-state index contributed by atoms with van der Waals surface area (Å²) >= 11 is 6.50. The summed E-state index contributed by atoms with van der Waals surface area (Å²) < 4.78 is 10.9. The molecule has 0 spiro atoms. The van der Waals surface area contributed by atoms with Crippen LogP contribution in [0.4, 0.5) is 5.82 Å². The van der Waals surface area contributed by atoms with Gasteiger partial charge in [-0.05, 0) is 24.5 Å². The molecule has 2 aliphatic heterocycles. The first kappa shape index (κ1) is 14.2. The van der Waals surface area contributed by atoms with Crippen LogP contribution in [0.1, 0.15) is 54.3 Å². The number of hydrogen-bond acceptors (Lipinski definition) is 4. The highest BCUT2D eigenvalue weighted by Gasteiger charge is 2.37. The topological polar surface area (TPSA) is 76.2 Å². The number of halogens is 1. The summed E-state index contributed by atoms with van der Waals surface area (Å²) in [6, 6.07) is 3.67. The third-order valence-corrected chi connectivity index (χ3v) is 5.54. The van der Waals surface area contributed by atoms with Gasteiger partial charge in [0.2, 0.25) is 12.7 Å². The van der Waals surface area contributed by atoms with Gasteiger partial charge in [0.15, 0.2) is 17.3 Å². The Bertz CT molecular complexity index is 844. The van der Waals surface area contributed by atoms with Crippen LogP contribution in [0.2, 0.25) is 5.02 Å². The second kappa shape index (κ2) is 5.14. The molecule has 1 saturated carbocycles. The predicted octanol–water partition coefficient (Wildman–Crippen LogP) is 3.53. The van der Waals surface area contributed by atoms with Crippen LogP contribution in [-0.4, -0.2) is 22.9 Å². The smallest absolute Gasteiger partial charge is 0.231 e. The van der Waals surface area contributed by atoms with E-state index in [0.717, 1.165) is 29.7 Å². The third kappa shape index (κ3) is 2.02. The maximum absolute atomic E-state index is 12.2. The zero-order chi connectivity index (χ0) is 16.3. The van der Waals surface area contributed by atoms with E-state index in [-0.39, 0.29) is 18.6 Å². The van der Waals surface area contributed by atoms with E-state index in [1.54, 1.807) is 6.07 Å². The predicted molar refractivity (Wildman–Crippen MR) is 87.8 cm³/mol. The molecule has 1 amide bonds. The summed E-state index contributed by atoms with van der Waals surface area (Å²) in [5.41, 5.74) is 3.09. The molecule has 1 fully saturated rings. The molecular formula is C17H16ClN3O3. The highest BCUT2D eigenvalue weighted by Crippen LogP contribution is 2.48. The fraction of sp³-hybridized carbons (Fsp3) is 0.412. The van der Waals surface area contributed by atoms with Crippen molar-refractivity contribution < 1.29 is 14.3 Å². The summed E-state index contributed by atoms with van der Waals surface area (Å²) in [6.45, 7) is 0.199. The van der Waals surface area contributed by atoms with Crippen molar-refractivity contribution in [3.05, 3.63) is 34.0 Å². The van der Waals surface area contributed by atoms with Gasteiger partial charge in [-0.1, -0.05) is 18.0 Å². The summed E-state index contributed by atoms with van der Waals surface area (Å²) in [5.74, 6) is 2.28. The van der Waals surface area contributed by atoms with E-state index in [1.807, 2.05) is 6.07 Å². The summed E-state index contributed by atoms with van der Waals surface area (Å²) in [5, 5.41) is 10.9. The molecule has 3 aliphatic rings. The maximum atomic E-state index is 12.2. The van der Waals surface area contributed by atoms with Crippen LogP contribution in [0, 0.1) is 0 Å². The molecule has 1 aromatic heterocycles. The van der Waals surface area contributed by atoms with Gasteiger partial charge >= 0.3 is 0 Å². The molecule has 124 valence electrons. The lowest BCUT2D eigenvalue weighted by Gasteiger charge is -2.29. The number of anilines is 1. The minimum atomic E-state index is -0.120. The molecular weight excluding hydrogens is 330 g/mol. The molecule has 1 aromatic carbocycles. The molecule has 1 aliphatic carbocycles. The number of benzene rings is 1. The molecule has 7 heteroatoms. The molecule has 0 bridgehead atoms. The first-order chi connectivity index (χ1) is 11.7. The first-order valence-corrected chi connectivity index (χ1v) is 8.55. The van der Waals surface area contributed by atoms with E-state index >= 15 is 0 Å². The Labute approximate surface area is 143 Å². The number of nitrogens with one attached hydrogen (secondary N) is 2. The standard InChI is InChI=1S/C17H16ClN3O3/c18-11-6-13-12(23-7-24-13)4-9(11)10-5-14(22)19-17-15(10)16(20-21-17)8-2-1-3-8/h4,6,8,10H,1-3,5,7H2,(H2,19,20,21,22)/t10-/m1/s1. The van der Waals surface area contributed by atoms with Crippen molar-refractivity contribution in [2.45, 2.75) is 37.5 Å². The lowest BCUT2D eigenvalue weighted by Crippen LogP contribution is -2.25. The largest absolute Gasteiger partial charge is 0.454 e. The number of rotatable bonds is 2. The molecule has 1 atom stereocenters. The van der Waals surface area contributed by atoms with E-state index in [9.17, 15) is 4.79 Å². The van der Waals surface area contributed by atoms with Gasteiger partial charge in [0.1, 0.15) is 0 Å². The van der Waals surface area contributed by atoms with Crippen molar-refractivity contribution in [2.75, 3.05) is 12.1 Å². The number of carbonyl (C=O) groups excluding carboxylic acids is 1. The minimum absolute atomic E-state index is 0.0482. The van der Waals surface area contributed by atoms with E-state index < -0.39 is 0 Å². The number of carbonyl (C=O) groups is 1. The van der Waals surface area contributed by atoms with Crippen molar-refractivity contribution in [1.29, 1.82) is 0 Å². The maximum Gasteiger partial charge on any atom is 0.231 e. The zero-order valence-corrected chi connectivity index (χ0v) is 13.7. The van der Waals surface area contributed by atoms with Crippen molar-refractivity contribution in [3.63, 3.8) is 0 Å². The van der Waals surface area contributed by atoms with Crippen molar-refractivity contribution >= 4 is 23.3 Å². The SMILES string of the molecule is O=C1C[C@H](c2cc3c(cc2Cl)OCO3)c2c(n[nH]c2C2CCC2)N1. The number of hydrogen-bond donors (Lipinski definition) is 2. The van der Waals surface area contributed by atoms with Crippen molar-refractivity contribution in [3.8, 4) is 11.5 Å². The Hall–Kier alpha value is -2.21. The minimum Gasteiger partial charge on any atom is -0.454 e. The number of aromatic nitrogens is 2. The van der Waals surface area contributed by atoms with Crippen molar-refractivity contribution in [1.82, 2.24) is 10.2 Å². The zero-order valence-electron chi connectivity index (χ0n) is 12.9. The normalized spacial score (nSPS) is 22.0. The van der Waals surface area contributed by atoms with Crippen LogP contribution in [0.3, 0.4) is 0 Å². The van der Waals surface area contributed by atoms with Gasteiger partial charge < -0.3 is 14.8 Å². The molecule has 3 heterocycles. The molecule has 24 heavy (non-hydrogen) atoms. The van der Waals surface area contributed by atoms with Gasteiger partial charge in [0, 0.05) is 40.6 Å². The Morgan fingerprint density at radius 3 is 2.75 bits per heavy atom. The molecule has 0 unspecified atom stereocenters. The van der Waals surface area contributed by atoms with Gasteiger partial charge in [-0.2, -0.15) is 5.10 Å². The van der Waals surface area contributed by atoms with Crippen LogP contribution >= 0.6 is 11.6 Å². The van der Waals surface area contributed by atoms with Crippen LogP contribution in [0.25, 0.3) is 0 Å². The monoisotopic (exact) mass is 345 g/mol. The van der Waals surface area contributed by atoms with Gasteiger partial charge in [-0.15, -0.1) is 0 Å². The Kier molecular flexibility index (Phi) is 3.03. The fourth-order valence-corrected chi connectivity index (χ4v) is 4.04. The van der Waals surface area contributed by atoms with Gasteiger partial charge in [-0.3, -0.25) is 9.89 Å². The molecule has 6 nitrogen and oxygen atoms in total. The molecule has 2 aromatic rings. The second-order valence-corrected chi connectivity index (χ2v) is 6.97. The van der Waals surface area contributed by atoms with E-state index in [2.05, 4.69) is 15.5 Å². The van der Waals surface area contributed by atoms with E-state index in [0.29, 0.717) is 34.7 Å². The Morgan fingerprint density at radius 1 is 1.21 bits per heavy atom. The average molecular weight is 346 g/mol. The lowest BCUT2D eigenvalue weighted by molar-refractivity contribution is -0.116. The lowest BCUT2D eigenvalue weighted by atomic mass is 9.77. The quantitative estimate of drug-likeness (QED) is 0.873. The Morgan fingerprint density at radius 2 is 2.00 bits per heavy atom. The first-order valence-electron chi connectivity index (χ1n) is 8.17. The number of amides is 1. The van der Waals surface area contributed by atoms with Crippen LogP contribution in [0.15, 0.2) is 12.1 Å². The van der Waals surface area contributed by atoms with Gasteiger partial charge in [0.05, 0.1) is 0 Å². The van der Waals surface area contributed by atoms with E-state index in [4.69, 9.17) is 21.1 Å². The van der Waals surface area contributed by atoms with Gasteiger partial charge in [-0.25, -0.2) is 0 Å². The van der Waals surface area contributed by atoms with Crippen LogP contribution < -0.4 is 14.8 Å². The van der Waals surface area contributed by atoms with E-state index in [1.165, 1.54) is 6.42 Å². The van der Waals surface area contributed by atoms with Crippen LogP contribution in [0.5, 0.6) is 11.5 Å². The summed E-state index contributed by atoms with van der Waals surface area (Å²) in [7, 11) is 0. The highest BCUT2D eigenvalue weighted by molar-refractivity contribution is 6.31. The summed E-state index contributed by atoms with van der Waals surface area (Å²) in [4.78, 5) is 12.2. The molecule has 2 N–H and O–H groups in total. The average Bonchev–Trinajstić information content (AvgIpc) is 3.11. The molecule has 0 radical (unpaired) electrons. The van der Waals surface area contributed by atoms with Crippen molar-refractivity contribution in [2.24, 2.45) is 0 Å².